The number of hydrogen-bond donors (Lipinski definition) is 1. The van der Waals surface area contributed by atoms with Gasteiger partial charge in [-0.1, -0.05) is 52.0 Å². The SMILES string of the molecule is CCc1ccc(-c2nnn(CC(=O)c3ccc(CNC(=O)C(C)(C)C)s3)n2)cc1. The first-order valence-corrected chi connectivity index (χ1v) is 10.3. The summed E-state index contributed by atoms with van der Waals surface area (Å²) in [6.45, 7) is 8.13. The average molecular weight is 412 g/mol. The lowest BCUT2D eigenvalue weighted by Crippen LogP contribution is -2.34. The minimum absolute atomic E-state index is 0.0222. The summed E-state index contributed by atoms with van der Waals surface area (Å²) < 4.78 is 0. The minimum atomic E-state index is -0.441. The van der Waals surface area contributed by atoms with E-state index >= 15 is 0 Å². The van der Waals surface area contributed by atoms with Gasteiger partial charge in [-0.15, -0.1) is 21.5 Å². The zero-order valence-electron chi connectivity index (χ0n) is 17.1. The van der Waals surface area contributed by atoms with Crippen molar-refractivity contribution in [2.75, 3.05) is 0 Å². The molecule has 3 aromatic rings. The van der Waals surface area contributed by atoms with Crippen molar-refractivity contribution in [1.29, 1.82) is 0 Å². The minimum Gasteiger partial charge on any atom is -0.351 e. The molecule has 0 bridgehead atoms. The third-order valence-electron chi connectivity index (χ3n) is 4.40. The molecule has 0 aliphatic rings. The number of amides is 1. The standard InChI is InChI=1S/C21H25N5O2S/c1-5-14-6-8-15(9-7-14)19-23-25-26(24-19)13-17(27)18-11-10-16(29-18)12-22-20(28)21(2,3)4/h6-11H,5,12-13H2,1-4H3,(H,22,28). The third kappa shape index (κ3) is 5.35. The highest BCUT2D eigenvalue weighted by molar-refractivity contribution is 7.14. The second-order valence-electron chi connectivity index (χ2n) is 7.82. The molecule has 0 fully saturated rings. The zero-order valence-corrected chi connectivity index (χ0v) is 17.9. The van der Waals surface area contributed by atoms with Gasteiger partial charge in [0, 0.05) is 15.9 Å². The van der Waals surface area contributed by atoms with E-state index in [0.29, 0.717) is 17.2 Å². The van der Waals surface area contributed by atoms with Crippen LogP contribution in [0.5, 0.6) is 0 Å². The van der Waals surface area contributed by atoms with Crippen molar-refractivity contribution >= 4 is 23.0 Å². The van der Waals surface area contributed by atoms with Crippen LogP contribution >= 0.6 is 11.3 Å². The van der Waals surface area contributed by atoms with Gasteiger partial charge in [-0.3, -0.25) is 9.59 Å². The number of nitrogens with one attached hydrogen (secondary N) is 1. The second-order valence-corrected chi connectivity index (χ2v) is 8.98. The Bertz CT molecular complexity index is 999. The molecule has 1 aromatic carbocycles. The van der Waals surface area contributed by atoms with Crippen LogP contribution < -0.4 is 5.32 Å². The van der Waals surface area contributed by atoms with Gasteiger partial charge in [0.05, 0.1) is 11.4 Å². The highest BCUT2D eigenvalue weighted by Crippen LogP contribution is 2.19. The molecule has 2 aromatic heterocycles. The van der Waals surface area contributed by atoms with Crippen molar-refractivity contribution in [2.24, 2.45) is 5.41 Å². The number of tetrazole rings is 1. The van der Waals surface area contributed by atoms with E-state index in [4.69, 9.17) is 0 Å². The van der Waals surface area contributed by atoms with Crippen LogP contribution in [0.15, 0.2) is 36.4 Å². The lowest BCUT2D eigenvalue weighted by molar-refractivity contribution is -0.128. The molecule has 29 heavy (non-hydrogen) atoms. The summed E-state index contributed by atoms with van der Waals surface area (Å²) in [4.78, 5) is 27.4. The summed E-state index contributed by atoms with van der Waals surface area (Å²) in [5.41, 5.74) is 1.67. The quantitative estimate of drug-likeness (QED) is 0.601. The average Bonchev–Trinajstić information content (AvgIpc) is 3.35. The fourth-order valence-electron chi connectivity index (χ4n) is 2.58. The second kappa shape index (κ2) is 8.65. The van der Waals surface area contributed by atoms with Crippen LogP contribution in [0.3, 0.4) is 0 Å². The maximum absolute atomic E-state index is 12.5. The van der Waals surface area contributed by atoms with Crippen LogP contribution in [0.2, 0.25) is 0 Å². The van der Waals surface area contributed by atoms with Crippen LogP contribution in [-0.4, -0.2) is 31.9 Å². The number of aromatic nitrogens is 4. The molecule has 3 rings (SSSR count). The normalized spacial score (nSPS) is 11.4. The van der Waals surface area contributed by atoms with Gasteiger partial charge in [-0.05, 0) is 29.3 Å². The molecule has 0 saturated carbocycles. The predicted molar refractivity (Wildman–Crippen MR) is 113 cm³/mol. The van der Waals surface area contributed by atoms with E-state index < -0.39 is 5.41 Å². The van der Waals surface area contributed by atoms with Crippen molar-refractivity contribution in [3.8, 4) is 11.4 Å². The Labute approximate surface area is 174 Å². The Balaban J connectivity index is 1.60. The molecular weight excluding hydrogens is 386 g/mol. The Morgan fingerprint density at radius 3 is 2.48 bits per heavy atom. The van der Waals surface area contributed by atoms with Crippen LogP contribution in [0.25, 0.3) is 11.4 Å². The lowest BCUT2D eigenvalue weighted by Gasteiger charge is -2.17. The Morgan fingerprint density at radius 2 is 1.83 bits per heavy atom. The number of thiophene rings is 1. The lowest BCUT2D eigenvalue weighted by atomic mass is 9.96. The van der Waals surface area contributed by atoms with Crippen molar-refractivity contribution in [3.05, 3.63) is 51.7 Å². The number of hydrogen-bond acceptors (Lipinski definition) is 6. The first-order chi connectivity index (χ1) is 13.8. The monoisotopic (exact) mass is 411 g/mol. The molecule has 0 aliphatic carbocycles. The van der Waals surface area contributed by atoms with Crippen molar-refractivity contribution < 1.29 is 9.59 Å². The Hall–Kier alpha value is -2.87. The summed E-state index contributed by atoms with van der Waals surface area (Å²) in [5.74, 6) is 0.385. The molecule has 0 atom stereocenters. The van der Waals surface area contributed by atoms with E-state index in [9.17, 15) is 9.59 Å². The van der Waals surface area contributed by atoms with Crippen LogP contribution in [0.4, 0.5) is 0 Å². The van der Waals surface area contributed by atoms with E-state index in [-0.39, 0.29) is 18.2 Å². The smallest absolute Gasteiger partial charge is 0.225 e. The first kappa shape index (κ1) is 20.9. The molecule has 0 aliphatic heterocycles. The number of rotatable bonds is 7. The summed E-state index contributed by atoms with van der Waals surface area (Å²) in [6, 6.07) is 11.6. The van der Waals surface area contributed by atoms with Gasteiger partial charge >= 0.3 is 0 Å². The molecule has 0 spiro atoms. The molecule has 0 radical (unpaired) electrons. The van der Waals surface area contributed by atoms with Crippen LogP contribution in [0.1, 0.15) is 47.8 Å². The molecule has 1 amide bonds. The van der Waals surface area contributed by atoms with Crippen LogP contribution in [0, 0.1) is 5.41 Å². The number of aryl methyl sites for hydroxylation is 1. The van der Waals surface area contributed by atoms with Gasteiger partial charge in [0.2, 0.25) is 11.7 Å². The van der Waals surface area contributed by atoms with Gasteiger partial charge in [-0.25, -0.2) is 0 Å². The zero-order chi connectivity index (χ0) is 21.0. The summed E-state index contributed by atoms with van der Waals surface area (Å²) in [6.07, 6.45) is 0.970. The number of carbonyl (C=O) groups is 2. The molecular formula is C21H25N5O2S. The molecule has 152 valence electrons. The fraction of sp³-hybridized carbons (Fsp3) is 0.381. The molecule has 0 unspecified atom stereocenters. The maximum Gasteiger partial charge on any atom is 0.225 e. The van der Waals surface area contributed by atoms with E-state index in [1.54, 1.807) is 6.07 Å². The van der Waals surface area contributed by atoms with Gasteiger partial charge < -0.3 is 5.32 Å². The summed E-state index contributed by atoms with van der Waals surface area (Å²) >= 11 is 1.37. The van der Waals surface area contributed by atoms with E-state index in [0.717, 1.165) is 16.9 Å². The Morgan fingerprint density at radius 1 is 1.10 bits per heavy atom. The number of nitrogens with zero attached hydrogens (tertiary/aromatic N) is 4. The van der Waals surface area contributed by atoms with E-state index in [1.165, 1.54) is 21.7 Å². The fourth-order valence-corrected chi connectivity index (χ4v) is 3.45. The van der Waals surface area contributed by atoms with Gasteiger partial charge in [-0.2, -0.15) is 4.80 Å². The first-order valence-electron chi connectivity index (χ1n) is 9.53. The largest absolute Gasteiger partial charge is 0.351 e. The van der Waals surface area contributed by atoms with Gasteiger partial charge in [0.1, 0.15) is 6.54 Å². The summed E-state index contributed by atoms with van der Waals surface area (Å²) in [7, 11) is 0. The summed E-state index contributed by atoms with van der Waals surface area (Å²) in [5, 5.41) is 15.3. The van der Waals surface area contributed by atoms with Crippen molar-refractivity contribution in [1.82, 2.24) is 25.5 Å². The van der Waals surface area contributed by atoms with Gasteiger partial charge in [0.15, 0.2) is 5.78 Å². The molecule has 8 heteroatoms. The highest BCUT2D eigenvalue weighted by atomic mass is 32.1. The molecule has 2 heterocycles. The number of ketones is 1. The van der Waals surface area contributed by atoms with Crippen LogP contribution in [-0.2, 0) is 24.3 Å². The molecule has 1 N–H and O–H groups in total. The van der Waals surface area contributed by atoms with Crippen molar-refractivity contribution in [3.63, 3.8) is 0 Å². The topological polar surface area (TPSA) is 89.8 Å². The molecule has 0 saturated heterocycles. The van der Waals surface area contributed by atoms with E-state index in [2.05, 4.69) is 27.7 Å². The number of Topliss-reactive ketones (excluding diaryl/α,β-unsaturated/α-hetero) is 1. The van der Waals surface area contributed by atoms with Gasteiger partial charge in [0.25, 0.3) is 0 Å². The predicted octanol–water partition coefficient (Wildman–Crippen LogP) is 3.51. The number of carbonyl (C=O) groups excluding carboxylic acids is 2. The third-order valence-corrected chi connectivity index (χ3v) is 5.53. The maximum atomic E-state index is 12.5. The van der Waals surface area contributed by atoms with E-state index in [1.807, 2.05) is 51.1 Å². The Kier molecular flexibility index (Phi) is 6.22. The number of benzene rings is 1. The molecule has 7 nitrogen and oxygen atoms in total. The highest BCUT2D eigenvalue weighted by Gasteiger charge is 2.21. The van der Waals surface area contributed by atoms with Crippen molar-refractivity contribution in [2.45, 2.75) is 47.2 Å².